The van der Waals surface area contributed by atoms with Crippen LogP contribution in [0, 0.1) is 15.5 Å². The Morgan fingerprint density at radius 1 is 1.39 bits per heavy atom. The van der Waals surface area contributed by atoms with Crippen molar-refractivity contribution in [3.63, 3.8) is 0 Å². The van der Waals surface area contributed by atoms with Gasteiger partial charge in [0.15, 0.2) is 0 Å². The van der Waals surface area contributed by atoms with Gasteiger partial charge in [0.25, 0.3) is 5.69 Å². The lowest BCUT2D eigenvalue weighted by molar-refractivity contribution is -0.384. The van der Waals surface area contributed by atoms with E-state index >= 15 is 0 Å². The van der Waals surface area contributed by atoms with Crippen LogP contribution in [0.2, 0.25) is 0 Å². The number of nitrogens with zero attached hydrogens (tertiary/aromatic N) is 1. The Labute approximate surface area is 110 Å². The van der Waals surface area contributed by atoms with Crippen LogP contribution in [0.25, 0.3) is 6.08 Å². The van der Waals surface area contributed by atoms with Crippen LogP contribution in [0.15, 0.2) is 18.2 Å². The number of rotatable bonds is 3. The fourth-order valence-corrected chi connectivity index (χ4v) is 2.02. The van der Waals surface area contributed by atoms with E-state index in [-0.39, 0.29) is 16.0 Å². The maximum Gasteiger partial charge on any atom is 0.270 e. The van der Waals surface area contributed by atoms with Gasteiger partial charge in [-0.25, -0.2) is 0 Å². The van der Waals surface area contributed by atoms with Crippen LogP contribution >= 0.6 is 9.24 Å². The van der Waals surface area contributed by atoms with E-state index in [0.717, 1.165) is 16.6 Å². The summed E-state index contributed by atoms with van der Waals surface area (Å²) in [6.45, 7) is 6.25. The van der Waals surface area contributed by atoms with E-state index in [1.54, 1.807) is 12.1 Å². The third-order valence-corrected chi connectivity index (χ3v) is 2.86. The van der Waals surface area contributed by atoms with E-state index < -0.39 is 0 Å². The molecule has 0 saturated carbocycles. The minimum atomic E-state index is -0.374. The van der Waals surface area contributed by atoms with Gasteiger partial charge in [0.1, 0.15) is 0 Å². The summed E-state index contributed by atoms with van der Waals surface area (Å²) in [6.07, 6.45) is 3.96. The van der Waals surface area contributed by atoms with Gasteiger partial charge < -0.3 is 5.32 Å². The maximum atomic E-state index is 10.9. The molecule has 18 heavy (non-hydrogen) atoms. The summed E-state index contributed by atoms with van der Waals surface area (Å²) in [6, 6.07) is 3.13. The van der Waals surface area contributed by atoms with Crippen LogP contribution in [0.3, 0.4) is 0 Å². The van der Waals surface area contributed by atoms with Crippen molar-refractivity contribution in [2.45, 2.75) is 20.8 Å². The first-order valence-corrected chi connectivity index (χ1v) is 6.27. The highest BCUT2D eigenvalue weighted by molar-refractivity contribution is 7.28. The van der Waals surface area contributed by atoms with Crippen LogP contribution in [-0.2, 0) is 0 Å². The second-order valence-corrected chi connectivity index (χ2v) is 5.83. The molecular formula is C13H19N2O2P. The Bertz CT molecular complexity index is 490. The second kappa shape index (κ2) is 5.49. The van der Waals surface area contributed by atoms with E-state index in [4.69, 9.17) is 0 Å². The fraction of sp³-hybridized carbons (Fsp3) is 0.385. The van der Waals surface area contributed by atoms with Crippen molar-refractivity contribution in [1.29, 1.82) is 0 Å². The monoisotopic (exact) mass is 266 g/mol. The zero-order valence-corrected chi connectivity index (χ0v) is 12.3. The Morgan fingerprint density at radius 2 is 2.00 bits per heavy atom. The van der Waals surface area contributed by atoms with E-state index in [1.807, 2.05) is 19.2 Å². The SMILES string of the molecule is CNc1c(P)cc([N+](=O)[O-])cc1/C=C/C(C)(C)C. The Kier molecular flexibility index (Phi) is 4.47. The molecule has 98 valence electrons. The number of allylic oxidation sites excluding steroid dienone is 1. The number of nitro groups is 1. The number of hydrogen-bond donors (Lipinski definition) is 1. The summed E-state index contributed by atoms with van der Waals surface area (Å²) >= 11 is 0. The first-order valence-electron chi connectivity index (χ1n) is 5.69. The third kappa shape index (κ3) is 3.81. The molecule has 0 spiro atoms. The first-order chi connectivity index (χ1) is 8.24. The van der Waals surface area contributed by atoms with Gasteiger partial charge in [-0.3, -0.25) is 10.1 Å². The third-order valence-electron chi connectivity index (χ3n) is 2.41. The number of benzene rings is 1. The van der Waals surface area contributed by atoms with Crippen molar-refractivity contribution >= 4 is 32.0 Å². The molecule has 0 aliphatic carbocycles. The standard InChI is InChI=1S/C13H19N2O2P/c1-13(2,3)6-5-9-7-10(15(16)17)8-11(18)12(9)14-4/h5-8,14H,18H2,1-4H3/b6-5+. The largest absolute Gasteiger partial charge is 0.387 e. The summed E-state index contributed by atoms with van der Waals surface area (Å²) in [4.78, 5) is 10.5. The summed E-state index contributed by atoms with van der Waals surface area (Å²) < 4.78 is 0. The average molecular weight is 266 g/mol. The molecule has 1 unspecified atom stereocenters. The summed E-state index contributed by atoms with van der Waals surface area (Å²) in [7, 11) is 4.33. The van der Waals surface area contributed by atoms with Crippen molar-refractivity contribution in [3.05, 3.63) is 33.9 Å². The predicted octanol–water partition coefficient (Wildman–Crippen LogP) is 3.20. The fourth-order valence-electron chi connectivity index (χ4n) is 1.54. The topological polar surface area (TPSA) is 55.2 Å². The molecule has 1 atom stereocenters. The lowest BCUT2D eigenvalue weighted by Gasteiger charge is -2.13. The van der Waals surface area contributed by atoms with Crippen molar-refractivity contribution < 1.29 is 4.92 Å². The summed E-state index contributed by atoms with van der Waals surface area (Å²) in [5, 5.41) is 14.7. The molecule has 0 aromatic heterocycles. The highest BCUT2D eigenvalue weighted by Gasteiger charge is 2.13. The number of non-ortho nitro benzene ring substituents is 1. The summed E-state index contributed by atoms with van der Waals surface area (Å²) in [5.74, 6) is 0. The lowest BCUT2D eigenvalue weighted by atomic mass is 9.95. The van der Waals surface area contributed by atoms with Gasteiger partial charge in [-0.15, -0.1) is 9.24 Å². The zero-order valence-electron chi connectivity index (χ0n) is 11.2. The van der Waals surface area contributed by atoms with Crippen molar-refractivity contribution in [2.75, 3.05) is 12.4 Å². The van der Waals surface area contributed by atoms with Crippen LogP contribution < -0.4 is 10.6 Å². The lowest BCUT2D eigenvalue weighted by Crippen LogP contribution is -2.07. The van der Waals surface area contributed by atoms with Crippen LogP contribution in [-0.4, -0.2) is 12.0 Å². The molecule has 0 fully saturated rings. The Hall–Kier alpha value is -1.41. The van der Waals surface area contributed by atoms with Gasteiger partial charge in [-0.2, -0.15) is 0 Å². The molecule has 5 heteroatoms. The van der Waals surface area contributed by atoms with Gasteiger partial charge in [-0.1, -0.05) is 32.9 Å². The molecule has 1 rings (SSSR count). The Balaban J connectivity index is 3.31. The molecule has 0 bridgehead atoms. The molecule has 0 heterocycles. The smallest absolute Gasteiger partial charge is 0.270 e. The van der Waals surface area contributed by atoms with Crippen molar-refractivity contribution in [1.82, 2.24) is 0 Å². The van der Waals surface area contributed by atoms with Gasteiger partial charge in [0, 0.05) is 35.7 Å². The van der Waals surface area contributed by atoms with Crippen molar-refractivity contribution in [3.8, 4) is 0 Å². The quantitative estimate of drug-likeness (QED) is 0.519. The Morgan fingerprint density at radius 3 is 2.44 bits per heavy atom. The highest BCUT2D eigenvalue weighted by atomic mass is 31.0. The number of nitrogens with one attached hydrogen (secondary N) is 1. The van der Waals surface area contributed by atoms with Crippen molar-refractivity contribution in [2.24, 2.45) is 5.41 Å². The van der Waals surface area contributed by atoms with Crippen LogP contribution in [0.5, 0.6) is 0 Å². The molecule has 1 N–H and O–H groups in total. The highest BCUT2D eigenvalue weighted by Crippen LogP contribution is 2.25. The van der Waals surface area contributed by atoms with Gasteiger partial charge >= 0.3 is 0 Å². The van der Waals surface area contributed by atoms with Gasteiger partial charge in [-0.05, 0) is 5.41 Å². The van der Waals surface area contributed by atoms with E-state index in [1.165, 1.54) is 0 Å². The first kappa shape index (κ1) is 14.7. The molecular weight excluding hydrogens is 247 g/mol. The van der Waals surface area contributed by atoms with Gasteiger partial charge in [0.2, 0.25) is 0 Å². The molecule has 0 aliphatic rings. The van der Waals surface area contributed by atoms with Gasteiger partial charge in [0.05, 0.1) is 4.92 Å². The minimum absolute atomic E-state index is 0.0384. The van der Waals surface area contributed by atoms with E-state index in [2.05, 4.69) is 35.3 Å². The number of anilines is 1. The molecule has 0 radical (unpaired) electrons. The maximum absolute atomic E-state index is 10.9. The summed E-state index contributed by atoms with van der Waals surface area (Å²) in [5.41, 5.74) is 1.86. The zero-order chi connectivity index (χ0) is 13.9. The number of hydrogen-bond acceptors (Lipinski definition) is 3. The molecule has 0 amide bonds. The number of nitro benzene ring substituents is 1. The van der Waals surface area contributed by atoms with E-state index in [9.17, 15) is 10.1 Å². The molecule has 0 saturated heterocycles. The molecule has 0 aliphatic heterocycles. The molecule has 1 aromatic carbocycles. The normalized spacial score (nSPS) is 11.8. The minimum Gasteiger partial charge on any atom is -0.387 e. The predicted molar refractivity (Wildman–Crippen MR) is 80.5 cm³/mol. The molecule has 4 nitrogen and oxygen atoms in total. The van der Waals surface area contributed by atoms with Crippen LogP contribution in [0.4, 0.5) is 11.4 Å². The average Bonchev–Trinajstić information content (AvgIpc) is 2.24. The molecule has 1 aromatic rings. The second-order valence-electron chi connectivity index (χ2n) is 5.21. The van der Waals surface area contributed by atoms with Crippen LogP contribution in [0.1, 0.15) is 26.3 Å². The van der Waals surface area contributed by atoms with E-state index in [0.29, 0.717) is 0 Å².